The Morgan fingerprint density at radius 2 is 2.39 bits per heavy atom. The predicted molar refractivity (Wildman–Crippen MR) is 79.4 cm³/mol. The lowest BCUT2D eigenvalue weighted by atomic mass is 10.2. The molecule has 0 fully saturated rings. The van der Waals surface area contributed by atoms with Gasteiger partial charge in [-0.1, -0.05) is 6.92 Å². The molecule has 2 nitrogen and oxygen atoms in total. The van der Waals surface area contributed by atoms with E-state index in [4.69, 9.17) is 4.74 Å². The first-order valence-corrected chi connectivity index (χ1v) is 8.11. The van der Waals surface area contributed by atoms with Crippen LogP contribution in [-0.2, 0) is 4.74 Å². The van der Waals surface area contributed by atoms with E-state index >= 15 is 0 Å². The Hall–Kier alpha value is -0.840. The van der Waals surface area contributed by atoms with Crippen LogP contribution < -0.4 is 5.32 Å². The van der Waals surface area contributed by atoms with Gasteiger partial charge in [-0.2, -0.15) is 0 Å². The molecule has 0 aromatic carbocycles. The lowest BCUT2D eigenvalue weighted by molar-refractivity contribution is 0.216. The first-order valence-electron chi connectivity index (χ1n) is 6.41. The van der Waals surface area contributed by atoms with Crippen LogP contribution in [-0.4, -0.2) is 13.2 Å². The summed E-state index contributed by atoms with van der Waals surface area (Å²) in [6.07, 6.45) is 4.41. The number of thiophene rings is 2. The molecule has 0 amide bonds. The van der Waals surface area contributed by atoms with Gasteiger partial charge < -0.3 is 10.1 Å². The van der Waals surface area contributed by atoms with Crippen molar-refractivity contribution in [1.82, 2.24) is 5.32 Å². The summed E-state index contributed by atoms with van der Waals surface area (Å²) in [5.74, 6) is 1.11. The number of hydrogen-bond acceptors (Lipinski definition) is 4. The van der Waals surface area contributed by atoms with Gasteiger partial charge >= 0.3 is 0 Å². The van der Waals surface area contributed by atoms with E-state index in [1.165, 1.54) is 14.3 Å². The lowest BCUT2D eigenvalue weighted by Crippen LogP contribution is -2.23. The molecule has 1 unspecified atom stereocenters. The molecule has 0 aliphatic carbocycles. The van der Waals surface area contributed by atoms with Gasteiger partial charge in [-0.3, -0.25) is 0 Å². The van der Waals surface area contributed by atoms with Crippen molar-refractivity contribution in [2.45, 2.75) is 25.8 Å². The van der Waals surface area contributed by atoms with Gasteiger partial charge in [0.2, 0.25) is 0 Å². The summed E-state index contributed by atoms with van der Waals surface area (Å²) in [5.41, 5.74) is 0. The van der Waals surface area contributed by atoms with Crippen molar-refractivity contribution in [1.29, 1.82) is 0 Å². The number of ether oxygens (including phenoxy) is 1. The van der Waals surface area contributed by atoms with E-state index in [2.05, 4.69) is 35.8 Å². The second-order valence-corrected chi connectivity index (χ2v) is 6.49. The van der Waals surface area contributed by atoms with Gasteiger partial charge in [-0.25, -0.2) is 0 Å². The number of rotatable bonds is 5. The molecule has 4 heteroatoms. The summed E-state index contributed by atoms with van der Waals surface area (Å²) in [6.45, 7) is 4.05. The maximum absolute atomic E-state index is 5.75. The standard InChI is InChI=1S/C14H17NOS2/c1-2-6-15-14(10-4-3-7-16-10)13-9-12-11(18-13)5-8-17-12/h4-5,8-9,14-15H,2-3,6-7H2,1H3. The first kappa shape index (κ1) is 12.2. The molecule has 96 valence electrons. The molecule has 3 heterocycles. The van der Waals surface area contributed by atoms with Crippen molar-refractivity contribution in [3.63, 3.8) is 0 Å². The Kier molecular flexibility index (Phi) is 3.68. The molecule has 1 atom stereocenters. The van der Waals surface area contributed by atoms with Crippen molar-refractivity contribution in [3.05, 3.63) is 34.2 Å². The first-order chi connectivity index (χ1) is 8.88. The Balaban J connectivity index is 1.89. The molecule has 0 radical (unpaired) electrons. The fourth-order valence-corrected chi connectivity index (χ4v) is 4.40. The quantitative estimate of drug-likeness (QED) is 0.880. The lowest BCUT2D eigenvalue weighted by Gasteiger charge is -2.18. The van der Waals surface area contributed by atoms with Crippen LogP contribution in [0.3, 0.4) is 0 Å². The van der Waals surface area contributed by atoms with Crippen molar-refractivity contribution in [2.75, 3.05) is 13.2 Å². The summed E-state index contributed by atoms with van der Waals surface area (Å²) < 4.78 is 8.52. The average Bonchev–Trinajstić information content (AvgIpc) is 3.05. The van der Waals surface area contributed by atoms with E-state index < -0.39 is 0 Å². The fraction of sp³-hybridized carbons (Fsp3) is 0.429. The van der Waals surface area contributed by atoms with Crippen LogP contribution in [0.15, 0.2) is 29.3 Å². The van der Waals surface area contributed by atoms with Crippen LogP contribution in [0.4, 0.5) is 0 Å². The molecule has 2 aromatic rings. The van der Waals surface area contributed by atoms with Crippen LogP contribution in [0.2, 0.25) is 0 Å². The molecule has 1 N–H and O–H groups in total. The summed E-state index contributed by atoms with van der Waals surface area (Å²) in [4.78, 5) is 1.37. The van der Waals surface area contributed by atoms with Crippen LogP contribution in [0.5, 0.6) is 0 Å². The predicted octanol–water partition coefficient (Wildman–Crippen LogP) is 4.31. The fourth-order valence-electron chi connectivity index (χ4n) is 2.19. The van der Waals surface area contributed by atoms with Gasteiger partial charge in [-0.15, -0.1) is 22.7 Å². The van der Waals surface area contributed by atoms with Gasteiger partial charge in [0.25, 0.3) is 0 Å². The zero-order chi connectivity index (χ0) is 12.4. The largest absolute Gasteiger partial charge is 0.496 e. The van der Waals surface area contributed by atoms with E-state index in [0.717, 1.165) is 31.8 Å². The van der Waals surface area contributed by atoms with Crippen LogP contribution in [0.25, 0.3) is 9.40 Å². The highest BCUT2D eigenvalue weighted by Crippen LogP contribution is 2.37. The van der Waals surface area contributed by atoms with Crippen LogP contribution in [0.1, 0.15) is 30.7 Å². The van der Waals surface area contributed by atoms with Crippen molar-refractivity contribution < 1.29 is 4.74 Å². The van der Waals surface area contributed by atoms with E-state index in [0.29, 0.717) is 0 Å². The van der Waals surface area contributed by atoms with Crippen molar-refractivity contribution >= 4 is 32.1 Å². The summed E-state index contributed by atoms with van der Waals surface area (Å²) >= 11 is 3.69. The Morgan fingerprint density at radius 3 is 3.11 bits per heavy atom. The van der Waals surface area contributed by atoms with E-state index in [-0.39, 0.29) is 6.04 Å². The number of hydrogen-bond donors (Lipinski definition) is 1. The molecule has 3 rings (SSSR count). The third-order valence-corrected chi connectivity index (χ3v) is 5.22. The Labute approximate surface area is 115 Å². The highest BCUT2D eigenvalue weighted by atomic mass is 32.1. The van der Waals surface area contributed by atoms with Gasteiger partial charge in [0.1, 0.15) is 5.76 Å². The van der Waals surface area contributed by atoms with Crippen molar-refractivity contribution in [3.8, 4) is 0 Å². The average molecular weight is 279 g/mol. The van der Waals surface area contributed by atoms with E-state index in [1.54, 1.807) is 0 Å². The smallest absolute Gasteiger partial charge is 0.114 e. The molecular weight excluding hydrogens is 262 g/mol. The molecule has 18 heavy (non-hydrogen) atoms. The van der Waals surface area contributed by atoms with Gasteiger partial charge in [0, 0.05) is 20.7 Å². The molecule has 1 aliphatic rings. The third kappa shape index (κ3) is 2.32. The SMILES string of the molecule is CCCNC(C1=CCCO1)c1cc2sccc2s1. The monoisotopic (exact) mass is 279 g/mol. The highest BCUT2D eigenvalue weighted by molar-refractivity contribution is 7.27. The van der Waals surface area contributed by atoms with Crippen LogP contribution in [0, 0.1) is 0 Å². The maximum Gasteiger partial charge on any atom is 0.114 e. The number of fused-ring (bicyclic) bond motifs is 1. The zero-order valence-corrected chi connectivity index (χ0v) is 12.1. The Bertz CT molecular complexity index is 526. The van der Waals surface area contributed by atoms with E-state index in [1.807, 2.05) is 22.7 Å². The minimum Gasteiger partial charge on any atom is -0.496 e. The molecule has 0 saturated carbocycles. The van der Waals surface area contributed by atoms with Crippen molar-refractivity contribution in [2.24, 2.45) is 0 Å². The molecule has 0 bridgehead atoms. The van der Waals surface area contributed by atoms with E-state index in [9.17, 15) is 0 Å². The molecule has 2 aromatic heterocycles. The topological polar surface area (TPSA) is 21.3 Å². The molecule has 0 saturated heterocycles. The molecule has 1 aliphatic heterocycles. The maximum atomic E-state index is 5.75. The zero-order valence-electron chi connectivity index (χ0n) is 10.4. The molecule has 0 spiro atoms. The minimum absolute atomic E-state index is 0.247. The molecular formula is C14H17NOS2. The normalized spacial score (nSPS) is 16.8. The summed E-state index contributed by atoms with van der Waals surface area (Å²) in [7, 11) is 0. The third-order valence-electron chi connectivity index (χ3n) is 3.06. The van der Waals surface area contributed by atoms with Gasteiger partial charge in [0.15, 0.2) is 0 Å². The summed E-state index contributed by atoms with van der Waals surface area (Å²) in [5, 5.41) is 5.76. The Morgan fingerprint density at radius 1 is 1.44 bits per heavy atom. The highest BCUT2D eigenvalue weighted by Gasteiger charge is 2.22. The number of nitrogens with one attached hydrogen (secondary N) is 1. The van der Waals surface area contributed by atoms with Gasteiger partial charge in [0.05, 0.1) is 12.6 Å². The second-order valence-electron chi connectivity index (χ2n) is 4.43. The summed E-state index contributed by atoms with van der Waals surface area (Å²) in [6, 6.07) is 4.76. The van der Waals surface area contributed by atoms with Crippen LogP contribution >= 0.6 is 22.7 Å². The minimum atomic E-state index is 0.247. The van der Waals surface area contributed by atoms with Gasteiger partial charge in [-0.05, 0) is 36.6 Å². The second kappa shape index (κ2) is 5.43.